The molecule has 0 bridgehead atoms. The Balaban J connectivity index is 1.53. The largest absolute Gasteiger partial charge is 0.477 e. The van der Waals surface area contributed by atoms with Crippen molar-refractivity contribution in [1.29, 1.82) is 0 Å². The number of anilines is 2. The number of hydrogen-bond acceptors (Lipinski definition) is 7. The molecule has 1 aliphatic carbocycles. The third-order valence-electron chi connectivity index (χ3n) is 5.38. The molecule has 0 radical (unpaired) electrons. The normalized spacial score (nSPS) is 17.1. The molecule has 0 unspecified atom stereocenters. The van der Waals surface area contributed by atoms with Crippen LogP contribution >= 0.6 is 11.3 Å². The van der Waals surface area contributed by atoms with Crippen LogP contribution in [0.15, 0.2) is 28.6 Å². The van der Waals surface area contributed by atoms with Crippen molar-refractivity contribution in [2.24, 2.45) is 0 Å². The van der Waals surface area contributed by atoms with Gasteiger partial charge in [-0.2, -0.15) is 0 Å². The Morgan fingerprint density at radius 1 is 1.21 bits per heavy atom. The van der Waals surface area contributed by atoms with Gasteiger partial charge in [-0.25, -0.2) is 19.2 Å². The van der Waals surface area contributed by atoms with E-state index in [0.717, 1.165) is 24.0 Å². The highest BCUT2D eigenvalue weighted by atomic mass is 32.1. The smallest absolute Gasteiger partial charge is 0.341 e. The molecule has 2 aliphatic rings. The fourth-order valence-electron chi connectivity index (χ4n) is 3.72. The van der Waals surface area contributed by atoms with E-state index < -0.39 is 17.2 Å². The van der Waals surface area contributed by atoms with Crippen molar-refractivity contribution in [1.82, 2.24) is 14.5 Å². The van der Waals surface area contributed by atoms with Gasteiger partial charge in [0.15, 0.2) is 16.8 Å². The van der Waals surface area contributed by atoms with Crippen LogP contribution in [0.3, 0.4) is 0 Å². The lowest BCUT2D eigenvalue weighted by Gasteiger charge is -2.35. The van der Waals surface area contributed by atoms with Crippen LogP contribution in [-0.2, 0) is 0 Å². The molecule has 4 heterocycles. The molecule has 0 amide bonds. The van der Waals surface area contributed by atoms with Crippen molar-refractivity contribution in [2.45, 2.75) is 18.9 Å². The predicted octanol–water partition coefficient (Wildman–Crippen LogP) is 2.35. The van der Waals surface area contributed by atoms with Crippen LogP contribution < -0.4 is 15.2 Å². The Morgan fingerprint density at radius 3 is 2.55 bits per heavy atom. The number of hydrogen-bond donors (Lipinski definition) is 1. The van der Waals surface area contributed by atoms with Gasteiger partial charge < -0.3 is 19.5 Å². The Labute approximate surface area is 168 Å². The number of piperazine rings is 1. The van der Waals surface area contributed by atoms with Crippen LogP contribution in [-0.4, -0.2) is 51.8 Å². The summed E-state index contributed by atoms with van der Waals surface area (Å²) >= 11 is 1.57. The van der Waals surface area contributed by atoms with Crippen LogP contribution in [0.25, 0.3) is 11.0 Å². The van der Waals surface area contributed by atoms with Gasteiger partial charge in [-0.3, -0.25) is 4.79 Å². The molecule has 150 valence electrons. The van der Waals surface area contributed by atoms with Gasteiger partial charge in [0, 0.05) is 50.0 Å². The summed E-state index contributed by atoms with van der Waals surface area (Å²) in [5, 5.41) is 12.2. The van der Waals surface area contributed by atoms with E-state index in [9.17, 15) is 19.1 Å². The number of thiazole rings is 1. The molecule has 29 heavy (non-hydrogen) atoms. The lowest BCUT2D eigenvalue weighted by molar-refractivity contribution is 0.0695. The molecule has 0 atom stereocenters. The molecular weight excluding hydrogens is 397 g/mol. The molecular formula is C19H18FN5O3S. The van der Waals surface area contributed by atoms with E-state index in [4.69, 9.17) is 0 Å². The minimum absolute atomic E-state index is 0.0134. The summed E-state index contributed by atoms with van der Waals surface area (Å²) in [5.74, 6) is -1.72. The highest BCUT2D eigenvalue weighted by Crippen LogP contribution is 2.37. The third-order valence-corrected chi connectivity index (χ3v) is 6.21. The lowest BCUT2D eigenvalue weighted by atomic mass is 10.1. The summed E-state index contributed by atoms with van der Waals surface area (Å²) in [4.78, 5) is 36.8. The number of nitrogens with zero attached hydrogens (tertiary/aromatic N) is 5. The van der Waals surface area contributed by atoms with Crippen molar-refractivity contribution in [3.8, 4) is 0 Å². The Kier molecular flexibility index (Phi) is 4.23. The third kappa shape index (κ3) is 3.13. The highest BCUT2D eigenvalue weighted by Gasteiger charge is 2.29. The maximum Gasteiger partial charge on any atom is 0.341 e. The number of halogens is 1. The highest BCUT2D eigenvalue weighted by molar-refractivity contribution is 7.13. The lowest BCUT2D eigenvalue weighted by Crippen LogP contribution is -2.47. The topological polar surface area (TPSA) is 91.6 Å². The Hall–Kier alpha value is -3.01. The molecule has 1 saturated carbocycles. The number of carbonyl (C=O) groups is 1. The number of carboxylic acids is 1. The zero-order chi connectivity index (χ0) is 20.1. The van der Waals surface area contributed by atoms with Gasteiger partial charge in [-0.15, -0.1) is 11.3 Å². The standard InChI is InChI=1S/C19H18FN5O3S/c20-14-9-12-15(26)13(18(27)28)10-25(11-1-2-11)16(12)22-17(14)23-4-6-24(7-5-23)19-21-3-8-29-19/h3,8-11H,1-2,4-7H2,(H,27,28). The molecule has 5 rings (SSSR count). The number of carboxylic acid groups (broad SMARTS) is 1. The average molecular weight is 415 g/mol. The van der Waals surface area contributed by atoms with Crippen LogP contribution in [0.4, 0.5) is 15.3 Å². The van der Waals surface area contributed by atoms with Crippen molar-refractivity contribution < 1.29 is 14.3 Å². The van der Waals surface area contributed by atoms with Gasteiger partial charge in [0.25, 0.3) is 0 Å². The summed E-state index contributed by atoms with van der Waals surface area (Å²) in [6.45, 7) is 2.55. The van der Waals surface area contributed by atoms with E-state index in [1.165, 1.54) is 6.20 Å². The molecule has 0 aromatic carbocycles. The second kappa shape index (κ2) is 6.80. The average Bonchev–Trinajstić information content (AvgIpc) is 3.41. The molecule has 3 aromatic heterocycles. The second-order valence-corrected chi connectivity index (χ2v) is 8.14. The van der Waals surface area contributed by atoms with E-state index in [1.54, 1.807) is 22.1 Å². The van der Waals surface area contributed by atoms with Crippen LogP contribution in [0.2, 0.25) is 0 Å². The monoisotopic (exact) mass is 415 g/mol. The molecule has 0 spiro atoms. The van der Waals surface area contributed by atoms with Gasteiger partial charge in [0.05, 0.1) is 5.39 Å². The number of pyridine rings is 2. The van der Waals surface area contributed by atoms with Crippen molar-refractivity contribution >= 4 is 39.3 Å². The Morgan fingerprint density at radius 2 is 1.93 bits per heavy atom. The number of aromatic carboxylic acids is 1. The Bertz CT molecular complexity index is 1150. The fourth-order valence-corrected chi connectivity index (χ4v) is 4.42. The quantitative estimate of drug-likeness (QED) is 0.699. The number of fused-ring (bicyclic) bond motifs is 1. The number of rotatable bonds is 4. The van der Waals surface area contributed by atoms with Gasteiger partial charge in [-0.1, -0.05) is 0 Å². The van der Waals surface area contributed by atoms with E-state index in [-0.39, 0.29) is 22.8 Å². The van der Waals surface area contributed by atoms with Gasteiger partial charge in [-0.05, 0) is 18.9 Å². The molecule has 1 aliphatic heterocycles. The summed E-state index contributed by atoms with van der Waals surface area (Å²) in [6, 6.07) is 1.24. The molecule has 1 saturated heterocycles. The minimum atomic E-state index is -1.31. The first-order valence-electron chi connectivity index (χ1n) is 9.41. The zero-order valence-electron chi connectivity index (χ0n) is 15.4. The van der Waals surface area contributed by atoms with Crippen molar-refractivity contribution in [2.75, 3.05) is 36.0 Å². The maximum absolute atomic E-state index is 14.9. The second-order valence-electron chi connectivity index (χ2n) is 7.27. The molecule has 10 heteroatoms. The van der Waals surface area contributed by atoms with Gasteiger partial charge in [0.2, 0.25) is 5.43 Å². The van der Waals surface area contributed by atoms with Crippen LogP contribution in [0.1, 0.15) is 29.2 Å². The van der Waals surface area contributed by atoms with E-state index in [2.05, 4.69) is 14.9 Å². The molecule has 1 N–H and O–H groups in total. The van der Waals surface area contributed by atoms with Crippen molar-refractivity contribution in [3.05, 3.63) is 45.4 Å². The fraction of sp³-hybridized carbons (Fsp3) is 0.368. The first-order chi connectivity index (χ1) is 14.0. The van der Waals surface area contributed by atoms with Crippen LogP contribution in [0, 0.1) is 5.82 Å². The van der Waals surface area contributed by atoms with Gasteiger partial charge >= 0.3 is 5.97 Å². The van der Waals surface area contributed by atoms with E-state index in [0.29, 0.717) is 31.8 Å². The summed E-state index contributed by atoms with van der Waals surface area (Å²) in [6.07, 6.45) is 4.88. The van der Waals surface area contributed by atoms with E-state index >= 15 is 0 Å². The summed E-state index contributed by atoms with van der Waals surface area (Å²) in [7, 11) is 0. The molecule has 3 aromatic rings. The van der Waals surface area contributed by atoms with Crippen molar-refractivity contribution in [3.63, 3.8) is 0 Å². The SMILES string of the molecule is O=C(O)c1cn(C2CC2)c2nc(N3CCN(c4nccs4)CC3)c(F)cc2c1=O. The maximum atomic E-state index is 14.9. The van der Waals surface area contributed by atoms with E-state index in [1.807, 2.05) is 10.3 Å². The first kappa shape index (κ1) is 18.0. The zero-order valence-corrected chi connectivity index (χ0v) is 16.2. The summed E-state index contributed by atoms with van der Waals surface area (Å²) < 4.78 is 16.6. The number of aromatic nitrogens is 3. The van der Waals surface area contributed by atoms with Crippen LogP contribution in [0.5, 0.6) is 0 Å². The first-order valence-corrected chi connectivity index (χ1v) is 10.3. The molecule has 8 nitrogen and oxygen atoms in total. The minimum Gasteiger partial charge on any atom is -0.477 e. The predicted molar refractivity (Wildman–Crippen MR) is 108 cm³/mol. The molecule has 2 fully saturated rings. The van der Waals surface area contributed by atoms with Gasteiger partial charge in [0.1, 0.15) is 11.2 Å². The summed E-state index contributed by atoms with van der Waals surface area (Å²) in [5.41, 5.74) is -0.701.